The van der Waals surface area contributed by atoms with Crippen molar-refractivity contribution in [3.8, 4) is 11.5 Å². The van der Waals surface area contributed by atoms with Gasteiger partial charge in [0.2, 0.25) is 0 Å². The first-order valence-corrected chi connectivity index (χ1v) is 10.3. The molecular weight excluding hydrogens is 460 g/mol. The van der Waals surface area contributed by atoms with E-state index in [1.807, 2.05) is 31.2 Å². The molecule has 3 aromatic rings. The standard InChI is InChI=1S/C24H21BrN2O4/c1-16-5-3-4-6-22(16)24(29)31-21-11-7-18(8-12-21)15-26-27-23(28)17(2)30-20-13-9-19(25)10-14-20/h3-15,17H,1-2H3,(H,27,28). The van der Waals surface area contributed by atoms with Gasteiger partial charge in [0.25, 0.3) is 5.91 Å². The molecule has 0 saturated heterocycles. The molecule has 0 aromatic heterocycles. The molecule has 0 saturated carbocycles. The van der Waals surface area contributed by atoms with E-state index in [2.05, 4.69) is 26.5 Å². The van der Waals surface area contributed by atoms with Crippen molar-refractivity contribution in [1.29, 1.82) is 0 Å². The van der Waals surface area contributed by atoms with Crippen molar-refractivity contribution < 1.29 is 19.1 Å². The monoisotopic (exact) mass is 480 g/mol. The summed E-state index contributed by atoms with van der Waals surface area (Å²) in [4.78, 5) is 24.4. The van der Waals surface area contributed by atoms with Crippen molar-refractivity contribution in [3.05, 3.63) is 94.0 Å². The number of hydrogen-bond acceptors (Lipinski definition) is 5. The van der Waals surface area contributed by atoms with Crippen LogP contribution in [0.3, 0.4) is 0 Å². The quantitative estimate of drug-likeness (QED) is 0.226. The van der Waals surface area contributed by atoms with Gasteiger partial charge in [-0.1, -0.05) is 34.1 Å². The highest BCUT2D eigenvalue weighted by Crippen LogP contribution is 2.17. The van der Waals surface area contributed by atoms with Crippen LogP contribution >= 0.6 is 15.9 Å². The summed E-state index contributed by atoms with van der Waals surface area (Å²) in [6.07, 6.45) is 0.790. The number of hydrogen-bond donors (Lipinski definition) is 1. The van der Waals surface area contributed by atoms with Crippen molar-refractivity contribution >= 4 is 34.0 Å². The Morgan fingerprint density at radius 1 is 0.968 bits per heavy atom. The van der Waals surface area contributed by atoms with E-state index in [9.17, 15) is 9.59 Å². The van der Waals surface area contributed by atoms with Crippen molar-refractivity contribution in [1.82, 2.24) is 5.43 Å². The Hall–Kier alpha value is -3.45. The van der Waals surface area contributed by atoms with E-state index < -0.39 is 12.1 Å². The van der Waals surface area contributed by atoms with Crippen molar-refractivity contribution in [2.75, 3.05) is 0 Å². The van der Waals surface area contributed by atoms with E-state index in [0.29, 0.717) is 17.1 Å². The molecule has 1 N–H and O–H groups in total. The number of halogens is 1. The summed E-state index contributed by atoms with van der Waals surface area (Å²) in [7, 11) is 0. The average Bonchev–Trinajstić information content (AvgIpc) is 2.76. The Morgan fingerprint density at radius 3 is 2.29 bits per heavy atom. The van der Waals surface area contributed by atoms with Crippen LogP contribution in [0.25, 0.3) is 0 Å². The van der Waals surface area contributed by atoms with Crippen LogP contribution in [0.2, 0.25) is 0 Å². The summed E-state index contributed by atoms with van der Waals surface area (Å²) >= 11 is 3.35. The molecule has 6 nitrogen and oxygen atoms in total. The van der Waals surface area contributed by atoms with E-state index in [1.54, 1.807) is 55.5 Å². The lowest BCUT2D eigenvalue weighted by atomic mass is 10.1. The Labute approximate surface area is 189 Å². The Kier molecular flexibility index (Phi) is 7.56. The van der Waals surface area contributed by atoms with Crippen LogP contribution in [-0.2, 0) is 4.79 Å². The number of aryl methyl sites for hydroxylation is 1. The molecule has 1 atom stereocenters. The third-order valence-electron chi connectivity index (χ3n) is 4.34. The number of nitrogens with zero attached hydrogens (tertiary/aromatic N) is 1. The molecule has 1 unspecified atom stereocenters. The molecule has 3 aromatic carbocycles. The molecule has 3 rings (SSSR count). The zero-order valence-electron chi connectivity index (χ0n) is 17.0. The fourth-order valence-corrected chi connectivity index (χ4v) is 2.88. The fourth-order valence-electron chi connectivity index (χ4n) is 2.62. The van der Waals surface area contributed by atoms with Crippen LogP contribution < -0.4 is 14.9 Å². The lowest BCUT2D eigenvalue weighted by molar-refractivity contribution is -0.127. The predicted octanol–water partition coefficient (Wildman–Crippen LogP) is 4.89. The fraction of sp³-hybridized carbons (Fsp3) is 0.125. The second kappa shape index (κ2) is 10.5. The number of benzene rings is 3. The van der Waals surface area contributed by atoms with Crippen molar-refractivity contribution in [3.63, 3.8) is 0 Å². The largest absolute Gasteiger partial charge is 0.481 e. The van der Waals surface area contributed by atoms with E-state index in [1.165, 1.54) is 6.21 Å². The number of carbonyl (C=O) groups excluding carboxylic acids is 2. The summed E-state index contributed by atoms with van der Waals surface area (Å²) in [6.45, 7) is 3.50. The van der Waals surface area contributed by atoms with Gasteiger partial charge in [0.15, 0.2) is 6.10 Å². The first-order valence-electron chi connectivity index (χ1n) is 9.55. The molecule has 7 heteroatoms. The van der Waals surface area contributed by atoms with Gasteiger partial charge in [0.1, 0.15) is 11.5 Å². The van der Waals surface area contributed by atoms with E-state index in [4.69, 9.17) is 9.47 Å². The minimum absolute atomic E-state index is 0.372. The van der Waals surface area contributed by atoms with Gasteiger partial charge in [-0.05, 0) is 79.6 Å². The van der Waals surface area contributed by atoms with Crippen LogP contribution in [0.15, 0.2) is 82.4 Å². The second-order valence-electron chi connectivity index (χ2n) is 6.72. The van der Waals surface area contributed by atoms with Crippen LogP contribution in [0, 0.1) is 6.92 Å². The van der Waals surface area contributed by atoms with Gasteiger partial charge in [0, 0.05) is 4.47 Å². The first-order chi connectivity index (χ1) is 14.9. The molecule has 0 aliphatic rings. The third-order valence-corrected chi connectivity index (χ3v) is 4.87. The minimum Gasteiger partial charge on any atom is -0.481 e. The summed E-state index contributed by atoms with van der Waals surface area (Å²) in [5, 5.41) is 3.95. The molecule has 0 bridgehead atoms. The molecule has 158 valence electrons. The maximum atomic E-state index is 12.3. The SMILES string of the molecule is Cc1ccccc1C(=O)Oc1ccc(C=NNC(=O)C(C)Oc2ccc(Br)cc2)cc1. The maximum Gasteiger partial charge on any atom is 0.343 e. The Morgan fingerprint density at radius 2 is 1.61 bits per heavy atom. The van der Waals surface area contributed by atoms with E-state index in [-0.39, 0.29) is 5.91 Å². The van der Waals surface area contributed by atoms with Gasteiger partial charge in [-0.3, -0.25) is 4.79 Å². The number of hydrazone groups is 1. The number of ether oxygens (including phenoxy) is 2. The molecule has 31 heavy (non-hydrogen) atoms. The van der Waals surface area contributed by atoms with E-state index in [0.717, 1.165) is 15.6 Å². The average molecular weight is 481 g/mol. The van der Waals surface area contributed by atoms with E-state index >= 15 is 0 Å². The van der Waals surface area contributed by atoms with Gasteiger partial charge in [-0.2, -0.15) is 5.10 Å². The van der Waals surface area contributed by atoms with Crippen LogP contribution in [0.5, 0.6) is 11.5 Å². The predicted molar refractivity (Wildman–Crippen MR) is 123 cm³/mol. The van der Waals surface area contributed by atoms with Gasteiger partial charge in [-0.15, -0.1) is 0 Å². The molecule has 1 amide bonds. The van der Waals surface area contributed by atoms with Gasteiger partial charge in [0.05, 0.1) is 11.8 Å². The normalized spacial score (nSPS) is 11.7. The van der Waals surface area contributed by atoms with Crippen LogP contribution in [-0.4, -0.2) is 24.2 Å². The number of amides is 1. The minimum atomic E-state index is -0.707. The highest BCUT2D eigenvalue weighted by atomic mass is 79.9. The van der Waals surface area contributed by atoms with Crippen LogP contribution in [0.1, 0.15) is 28.4 Å². The molecule has 0 radical (unpaired) electrons. The van der Waals surface area contributed by atoms with Crippen LogP contribution in [0.4, 0.5) is 0 Å². The highest BCUT2D eigenvalue weighted by Gasteiger charge is 2.14. The molecule has 0 spiro atoms. The maximum absolute atomic E-state index is 12.3. The summed E-state index contributed by atoms with van der Waals surface area (Å²) < 4.78 is 11.9. The lowest BCUT2D eigenvalue weighted by Gasteiger charge is -2.12. The topological polar surface area (TPSA) is 77.0 Å². The summed E-state index contributed by atoms with van der Waals surface area (Å²) in [6, 6.07) is 21.2. The second-order valence-corrected chi connectivity index (χ2v) is 7.64. The Balaban J connectivity index is 1.51. The molecule has 0 aliphatic heterocycles. The lowest BCUT2D eigenvalue weighted by Crippen LogP contribution is -2.33. The highest BCUT2D eigenvalue weighted by molar-refractivity contribution is 9.10. The number of rotatable bonds is 7. The van der Waals surface area contributed by atoms with Crippen molar-refractivity contribution in [2.24, 2.45) is 5.10 Å². The first kappa shape index (κ1) is 22.2. The number of esters is 1. The number of carbonyl (C=O) groups is 2. The van der Waals surface area contributed by atoms with Gasteiger partial charge >= 0.3 is 5.97 Å². The smallest absolute Gasteiger partial charge is 0.343 e. The zero-order chi connectivity index (χ0) is 22.2. The summed E-state index contributed by atoms with van der Waals surface area (Å²) in [5.74, 6) is 0.228. The van der Waals surface area contributed by atoms with Gasteiger partial charge in [-0.25, -0.2) is 10.2 Å². The van der Waals surface area contributed by atoms with Gasteiger partial charge < -0.3 is 9.47 Å². The third kappa shape index (κ3) is 6.52. The molecule has 0 fully saturated rings. The molecule has 0 aliphatic carbocycles. The Bertz CT molecular complexity index is 1080. The van der Waals surface area contributed by atoms with Crippen molar-refractivity contribution in [2.45, 2.75) is 20.0 Å². The zero-order valence-corrected chi connectivity index (χ0v) is 18.6. The summed E-state index contributed by atoms with van der Waals surface area (Å²) in [5.41, 5.74) is 4.56. The molecular formula is C24H21BrN2O4. The molecule has 0 heterocycles. The number of nitrogens with one attached hydrogen (secondary N) is 1.